The molecule has 1 aromatic carbocycles. The molecule has 0 spiro atoms. The third kappa shape index (κ3) is 2.69. The number of thiophene rings is 1. The SMILES string of the molecule is O=C(Nc1ccc(F)cc1)N1CCn2cccc2[C@@H]1c1cccs1. The Kier molecular flexibility index (Phi) is 3.82. The van der Waals surface area contributed by atoms with E-state index in [2.05, 4.69) is 22.0 Å². The summed E-state index contributed by atoms with van der Waals surface area (Å²) in [7, 11) is 0. The van der Waals surface area contributed by atoms with Crippen LogP contribution in [0.2, 0.25) is 0 Å². The van der Waals surface area contributed by atoms with Gasteiger partial charge in [-0.15, -0.1) is 11.3 Å². The molecule has 0 fully saturated rings. The molecule has 2 aromatic heterocycles. The van der Waals surface area contributed by atoms with Crippen molar-refractivity contribution >= 4 is 23.1 Å². The first-order chi connectivity index (χ1) is 11.7. The van der Waals surface area contributed by atoms with E-state index >= 15 is 0 Å². The lowest BCUT2D eigenvalue weighted by molar-refractivity contribution is 0.183. The van der Waals surface area contributed by atoms with Crippen LogP contribution in [0, 0.1) is 5.82 Å². The number of nitrogens with zero attached hydrogens (tertiary/aromatic N) is 2. The Labute approximate surface area is 143 Å². The van der Waals surface area contributed by atoms with Gasteiger partial charge in [-0.05, 0) is 47.8 Å². The number of urea groups is 1. The van der Waals surface area contributed by atoms with Crippen molar-refractivity contribution in [1.29, 1.82) is 0 Å². The minimum absolute atomic E-state index is 0.103. The highest BCUT2D eigenvalue weighted by molar-refractivity contribution is 7.10. The predicted octanol–water partition coefficient (Wildman–Crippen LogP) is 4.33. The predicted molar refractivity (Wildman–Crippen MR) is 92.7 cm³/mol. The number of halogens is 1. The molecule has 0 saturated heterocycles. The highest BCUT2D eigenvalue weighted by Gasteiger charge is 2.32. The van der Waals surface area contributed by atoms with Crippen LogP contribution in [0.1, 0.15) is 16.6 Å². The summed E-state index contributed by atoms with van der Waals surface area (Å²) in [5.74, 6) is -0.319. The van der Waals surface area contributed by atoms with Gasteiger partial charge >= 0.3 is 6.03 Å². The Hall–Kier alpha value is -2.60. The van der Waals surface area contributed by atoms with Crippen molar-refractivity contribution in [3.05, 3.63) is 76.5 Å². The zero-order valence-corrected chi connectivity index (χ0v) is 13.7. The van der Waals surface area contributed by atoms with Gasteiger partial charge in [-0.25, -0.2) is 9.18 Å². The molecule has 24 heavy (non-hydrogen) atoms. The highest BCUT2D eigenvalue weighted by atomic mass is 32.1. The lowest BCUT2D eigenvalue weighted by atomic mass is 10.1. The van der Waals surface area contributed by atoms with Crippen molar-refractivity contribution in [3.63, 3.8) is 0 Å². The van der Waals surface area contributed by atoms with E-state index in [1.54, 1.807) is 23.5 Å². The zero-order chi connectivity index (χ0) is 16.5. The molecule has 0 radical (unpaired) electrons. The minimum atomic E-state index is -0.319. The quantitative estimate of drug-likeness (QED) is 0.740. The molecule has 0 unspecified atom stereocenters. The second kappa shape index (κ2) is 6.13. The van der Waals surface area contributed by atoms with Crippen molar-refractivity contribution in [3.8, 4) is 0 Å². The first-order valence-electron chi connectivity index (χ1n) is 7.74. The molecule has 0 bridgehead atoms. The van der Waals surface area contributed by atoms with Crippen LogP contribution < -0.4 is 5.32 Å². The smallest absolute Gasteiger partial charge is 0.322 e. The normalized spacial score (nSPS) is 16.7. The van der Waals surface area contributed by atoms with Crippen molar-refractivity contribution in [2.45, 2.75) is 12.6 Å². The number of fused-ring (bicyclic) bond motifs is 1. The van der Waals surface area contributed by atoms with Crippen LogP contribution in [-0.4, -0.2) is 22.0 Å². The molecule has 6 heteroatoms. The van der Waals surface area contributed by atoms with Gasteiger partial charge < -0.3 is 14.8 Å². The van der Waals surface area contributed by atoms with Crippen molar-refractivity contribution in [1.82, 2.24) is 9.47 Å². The lowest BCUT2D eigenvalue weighted by Gasteiger charge is -2.36. The fourth-order valence-corrected chi connectivity index (χ4v) is 3.93. The van der Waals surface area contributed by atoms with Gasteiger partial charge in [-0.2, -0.15) is 0 Å². The average molecular weight is 341 g/mol. The van der Waals surface area contributed by atoms with Crippen LogP contribution >= 0.6 is 11.3 Å². The largest absolute Gasteiger partial charge is 0.347 e. The number of carbonyl (C=O) groups is 1. The maximum Gasteiger partial charge on any atom is 0.322 e. The number of aromatic nitrogens is 1. The van der Waals surface area contributed by atoms with Crippen molar-refractivity contribution in [2.24, 2.45) is 0 Å². The Morgan fingerprint density at radius 2 is 1.96 bits per heavy atom. The van der Waals surface area contributed by atoms with Crippen LogP contribution in [-0.2, 0) is 6.54 Å². The standard InChI is InChI=1S/C18H16FN3OS/c19-13-5-7-14(8-6-13)20-18(23)22-11-10-21-9-1-3-15(21)17(22)16-4-2-12-24-16/h1-9,12,17H,10-11H2,(H,20,23)/t17-/m1/s1. The summed E-state index contributed by atoms with van der Waals surface area (Å²) >= 11 is 1.64. The molecule has 1 aliphatic rings. The Morgan fingerprint density at radius 3 is 2.71 bits per heavy atom. The molecule has 0 aliphatic carbocycles. The molecule has 1 atom stereocenters. The molecule has 0 saturated carbocycles. The molecule has 2 amide bonds. The second-order valence-corrected chi connectivity index (χ2v) is 6.65. The van der Waals surface area contributed by atoms with Gasteiger partial charge in [0.15, 0.2) is 0 Å². The molecular weight excluding hydrogens is 325 g/mol. The van der Waals surface area contributed by atoms with E-state index in [1.165, 1.54) is 12.1 Å². The van der Waals surface area contributed by atoms with E-state index in [-0.39, 0.29) is 17.9 Å². The molecule has 4 rings (SSSR count). The Bertz CT molecular complexity index is 842. The third-order valence-electron chi connectivity index (χ3n) is 4.21. The van der Waals surface area contributed by atoms with Gasteiger partial charge in [0.1, 0.15) is 11.9 Å². The van der Waals surface area contributed by atoms with Gasteiger partial charge in [0.05, 0.1) is 0 Å². The lowest BCUT2D eigenvalue weighted by Crippen LogP contribution is -2.44. The number of benzene rings is 1. The molecular formula is C18H16FN3OS. The average Bonchev–Trinajstić information content (AvgIpc) is 3.27. The number of carbonyl (C=O) groups excluding carboxylic acids is 1. The molecule has 3 aromatic rings. The first-order valence-corrected chi connectivity index (χ1v) is 8.62. The fraction of sp³-hybridized carbons (Fsp3) is 0.167. The number of anilines is 1. The van der Waals surface area contributed by atoms with Gasteiger partial charge in [-0.3, -0.25) is 0 Å². The van der Waals surface area contributed by atoms with E-state index in [0.717, 1.165) is 17.1 Å². The summed E-state index contributed by atoms with van der Waals surface area (Å²) in [6.07, 6.45) is 2.05. The number of hydrogen-bond acceptors (Lipinski definition) is 2. The monoisotopic (exact) mass is 341 g/mol. The third-order valence-corrected chi connectivity index (χ3v) is 5.13. The second-order valence-electron chi connectivity index (χ2n) is 5.67. The summed E-state index contributed by atoms with van der Waals surface area (Å²) in [5, 5.41) is 4.89. The highest BCUT2D eigenvalue weighted by Crippen LogP contribution is 2.35. The fourth-order valence-electron chi connectivity index (χ4n) is 3.08. The maximum atomic E-state index is 13.0. The van der Waals surface area contributed by atoms with Gasteiger partial charge in [-0.1, -0.05) is 6.07 Å². The van der Waals surface area contributed by atoms with Crippen LogP contribution in [0.4, 0.5) is 14.9 Å². The van der Waals surface area contributed by atoms with Crippen molar-refractivity contribution < 1.29 is 9.18 Å². The maximum absolute atomic E-state index is 13.0. The minimum Gasteiger partial charge on any atom is -0.347 e. The van der Waals surface area contributed by atoms with Crippen LogP contribution in [0.25, 0.3) is 0 Å². The summed E-state index contributed by atoms with van der Waals surface area (Å²) < 4.78 is 15.2. The van der Waals surface area contributed by atoms with E-state index in [9.17, 15) is 9.18 Å². The van der Waals surface area contributed by atoms with Crippen LogP contribution in [0.3, 0.4) is 0 Å². The molecule has 1 N–H and O–H groups in total. The summed E-state index contributed by atoms with van der Waals surface area (Å²) in [6.45, 7) is 1.39. The zero-order valence-electron chi connectivity index (χ0n) is 12.9. The number of hydrogen-bond donors (Lipinski definition) is 1. The number of nitrogens with one attached hydrogen (secondary N) is 1. The van der Waals surface area contributed by atoms with E-state index in [1.807, 2.05) is 28.6 Å². The van der Waals surface area contributed by atoms with E-state index in [0.29, 0.717) is 12.2 Å². The molecule has 3 heterocycles. The number of rotatable bonds is 2. The van der Waals surface area contributed by atoms with Crippen LogP contribution in [0.5, 0.6) is 0 Å². The number of amides is 2. The van der Waals surface area contributed by atoms with Gasteiger partial charge in [0.25, 0.3) is 0 Å². The van der Waals surface area contributed by atoms with E-state index < -0.39 is 0 Å². The summed E-state index contributed by atoms with van der Waals surface area (Å²) in [4.78, 5) is 15.8. The summed E-state index contributed by atoms with van der Waals surface area (Å²) in [6, 6.07) is 13.7. The first kappa shape index (κ1) is 15.0. The van der Waals surface area contributed by atoms with Crippen LogP contribution in [0.15, 0.2) is 60.1 Å². The van der Waals surface area contributed by atoms with Gasteiger partial charge in [0, 0.05) is 35.5 Å². The summed E-state index contributed by atoms with van der Waals surface area (Å²) in [5.41, 5.74) is 1.70. The topological polar surface area (TPSA) is 37.3 Å². The Balaban J connectivity index is 1.63. The van der Waals surface area contributed by atoms with Gasteiger partial charge in [0.2, 0.25) is 0 Å². The van der Waals surface area contributed by atoms with E-state index in [4.69, 9.17) is 0 Å². The molecule has 4 nitrogen and oxygen atoms in total. The Morgan fingerprint density at radius 1 is 1.12 bits per heavy atom. The van der Waals surface area contributed by atoms with Crippen molar-refractivity contribution in [2.75, 3.05) is 11.9 Å². The molecule has 122 valence electrons. The molecule has 1 aliphatic heterocycles.